The molecule has 25 heavy (non-hydrogen) atoms. The van der Waals surface area contributed by atoms with Crippen LogP contribution < -0.4 is 4.90 Å². The van der Waals surface area contributed by atoms with E-state index in [-0.39, 0.29) is 24.3 Å². The number of para-hydroxylation sites is 1. The van der Waals surface area contributed by atoms with E-state index in [0.29, 0.717) is 16.7 Å². The minimum atomic E-state index is -0.338. The highest BCUT2D eigenvalue weighted by atomic mass is 16.3. The Balaban J connectivity index is 2.22. The van der Waals surface area contributed by atoms with Crippen molar-refractivity contribution >= 4 is 17.5 Å². The van der Waals surface area contributed by atoms with E-state index in [1.807, 2.05) is 25.1 Å². The molecule has 0 aliphatic carbocycles. The third-order valence-corrected chi connectivity index (χ3v) is 5.07. The Morgan fingerprint density at radius 2 is 1.68 bits per heavy atom. The first-order chi connectivity index (χ1) is 12.0. The third kappa shape index (κ3) is 2.67. The van der Waals surface area contributed by atoms with Gasteiger partial charge in [-0.3, -0.25) is 9.59 Å². The quantitative estimate of drug-likeness (QED) is 0.837. The standard InChI is InChI=1S/C21H23NO3/c1-4-13(3)16-10-6-8-14(5-2)19(16)22-20(24)17-11-7-9-15(12-23)18(17)21(22)25/h6-11,13,23H,4-5,12H2,1-3H3. The monoisotopic (exact) mass is 337 g/mol. The lowest BCUT2D eigenvalue weighted by molar-refractivity contribution is 0.0924. The zero-order valence-corrected chi connectivity index (χ0v) is 14.9. The number of hydrogen-bond acceptors (Lipinski definition) is 3. The van der Waals surface area contributed by atoms with Gasteiger partial charge in [-0.15, -0.1) is 0 Å². The minimum Gasteiger partial charge on any atom is -0.392 e. The average molecular weight is 337 g/mol. The van der Waals surface area contributed by atoms with E-state index in [2.05, 4.69) is 13.8 Å². The van der Waals surface area contributed by atoms with Crippen LogP contribution in [0.15, 0.2) is 36.4 Å². The molecule has 1 N–H and O–H groups in total. The van der Waals surface area contributed by atoms with Crippen LogP contribution >= 0.6 is 0 Å². The third-order valence-electron chi connectivity index (χ3n) is 5.07. The van der Waals surface area contributed by atoms with Gasteiger partial charge in [-0.25, -0.2) is 4.90 Å². The number of rotatable bonds is 5. The molecular formula is C21H23NO3. The summed E-state index contributed by atoms with van der Waals surface area (Å²) in [5.74, 6) is -0.404. The average Bonchev–Trinajstić information content (AvgIpc) is 2.91. The first kappa shape index (κ1) is 17.4. The molecule has 0 fully saturated rings. The zero-order chi connectivity index (χ0) is 18.1. The number of carbonyl (C=O) groups is 2. The first-order valence-corrected chi connectivity index (χ1v) is 8.78. The van der Waals surface area contributed by atoms with Crippen molar-refractivity contribution in [2.24, 2.45) is 0 Å². The highest BCUT2D eigenvalue weighted by Crippen LogP contribution is 2.38. The second-order valence-corrected chi connectivity index (χ2v) is 6.46. The van der Waals surface area contributed by atoms with Crippen LogP contribution in [0.1, 0.15) is 70.5 Å². The van der Waals surface area contributed by atoms with Gasteiger partial charge in [-0.1, -0.05) is 51.1 Å². The highest BCUT2D eigenvalue weighted by Gasteiger charge is 2.40. The zero-order valence-electron chi connectivity index (χ0n) is 14.9. The predicted octanol–water partition coefficient (Wildman–Crippen LogP) is 4.06. The fraction of sp³-hybridized carbons (Fsp3) is 0.333. The van der Waals surface area contributed by atoms with Crippen molar-refractivity contribution in [3.8, 4) is 0 Å². The Labute approximate surface area is 148 Å². The molecule has 0 spiro atoms. The van der Waals surface area contributed by atoms with E-state index in [9.17, 15) is 14.7 Å². The second kappa shape index (κ2) is 6.81. The molecule has 2 amide bonds. The van der Waals surface area contributed by atoms with Gasteiger partial charge in [0, 0.05) is 0 Å². The van der Waals surface area contributed by atoms with Gasteiger partial charge < -0.3 is 5.11 Å². The Morgan fingerprint density at radius 1 is 1.00 bits per heavy atom. The molecule has 1 atom stereocenters. The van der Waals surface area contributed by atoms with Crippen LogP contribution in [0.4, 0.5) is 5.69 Å². The van der Waals surface area contributed by atoms with E-state index in [1.54, 1.807) is 18.2 Å². The minimum absolute atomic E-state index is 0.239. The summed E-state index contributed by atoms with van der Waals surface area (Å²) in [4.78, 5) is 27.5. The van der Waals surface area contributed by atoms with Gasteiger partial charge in [0.1, 0.15) is 0 Å². The normalized spacial score (nSPS) is 14.8. The number of fused-ring (bicyclic) bond motifs is 1. The van der Waals surface area contributed by atoms with Gasteiger partial charge in [0.25, 0.3) is 11.8 Å². The van der Waals surface area contributed by atoms with E-state index < -0.39 is 0 Å². The van der Waals surface area contributed by atoms with E-state index in [1.165, 1.54) is 4.90 Å². The summed E-state index contributed by atoms with van der Waals surface area (Å²) in [6.45, 7) is 5.97. The lowest BCUT2D eigenvalue weighted by Crippen LogP contribution is -2.31. The van der Waals surface area contributed by atoms with Crippen molar-refractivity contribution in [1.29, 1.82) is 0 Å². The molecule has 1 aliphatic rings. The molecule has 1 heterocycles. The van der Waals surface area contributed by atoms with Crippen LogP contribution in [0, 0.1) is 0 Å². The SMILES string of the molecule is CCc1cccc(C(C)CC)c1N1C(=O)c2cccc(CO)c2C1=O. The largest absolute Gasteiger partial charge is 0.392 e. The number of anilines is 1. The summed E-state index contributed by atoms with van der Waals surface area (Å²) in [7, 11) is 0. The second-order valence-electron chi connectivity index (χ2n) is 6.46. The van der Waals surface area contributed by atoms with Crippen molar-refractivity contribution in [1.82, 2.24) is 0 Å². The number of amides is 2. The Hall–Kier alpha value is -2.46. The molecule has 0 aromatic heterocycles. The van der Waals surface area contributed by atoms with Gasteiger partial charge in [0.05, 0.1) is 23.4 Å². The van der Waals surface area contributed by atoms with E-state index in [0.717, 1.165) is 29.7 Å². The maximum absolute atomic E-state index is 13.1. The highest BCUT2D eigenvalue weighted by molar-refractivity contribution is 6.35. The summed E-state index contributed by atoms with van der Waals surface area (Å²) >= 11 is 0. The van der Waals surface area contributed by atoms with Crippen LogP contribution in [0.5, 0.6) is 0 Å². The van der Waals surface area contributed by atoms with Gasteiger partial charge in [-0.05, 0) is 41.5 Å². The number of nitrogens with zero attached hydrogens (tertiary/aromatic N) is 1. The summed E-state index contributed by atoms with van der Waals surface area (Å²) in [6, 6.07) is 11.0. The van der Waals surface area contributed by atoms with Crippen LogP contribution in [-0.2, 0) is 13.0 Å². The first-order valence-electron chi connectivity index (χ1n) is 8.78. The van der Waals surface area contributed by atoms with E-state index in [4.69, 9.17) is 0 Å². The molecule has 1 unspecified atom stereocenters. The van der Waals surface area contributed by atoms with Gasteiger partial charge >= 0.3 is 0 Å². The molecule has 4 nitrogen and oxygen atoms in total. The van der Waals surface area contributed by atoms with Gasteiger partial charge in [-0.2, -0.15) is 0 Å². The fourth-order valence-corrected chi connectivity index (χ4v) is 3.48. The molecule has 3 rings (SSSR count). The van der Waals surface area contributed by atoms with Crippen molar-refractivity contribution in [3.05, 3.63) is 64.2 Å². The Morgan fingerprint density at radius 3 is 2.32 bits per heavy atom. The molecule has 0 bridgehead atoms. The Bertz CT molecular complexity index is 841. The van der Waals surface area contributed by atoms with Crippen molar-refractivity contribution in [3.63, 3.8) is 0 Å². The number of carbonyl (C=O) groups excluding carboxylic acids is 2. The topological polar surface area (TPSA) is 57.6 Å². The number of aliphatic hydroxyl groups excluding tert-OH is 1. The smallest absolute Gasteiger partial charge is 0.266 e. The number of imide groups is 1. The van der Waals surface area contributed by atoms with Crippen LogP contribution in [0.3, 0.4) is 0 Å². The summed E-state index contributed by atoms with van der Waals surface area (Å²) < 4.78 is 0. The van der Waals surface area contributed by atoms with Crippen molar-refractivity contribution < 1.29 is 14.7 Å². The van der Waals surface area contributed by atoms with Crippen LogP contribution in [0.25, 0.3) is 0 Å². The molecule has 1 aliphatic heterocycles. The molecular weight excluding hydrogens is 314 g/mol. The summed E-state index contributed by atoms with van der Waals surface area (Å²) in [5.41, 5.74) is 3.92. The molecule has 0 saturated carbocycles. The lowest BCUT2D eigenvalue weighted by atomic mass is 9.92. The number of aryl methyl sites for hydroxylation is 1. The van der Waals surface area contributed by atoms with Crippen molar-refractivity contribution in [2.75, 3.05) is 4.90 Å². The van der Waals surface area contributed by atoms with Gasteiger partial charge in [0.15, 0.2) is 0 Å². The molecule has 4 heteroatoms. The molecule has 130 valence electrons. The lowest BCUT2D eigenvalue weighted by Gasteiger charge is -2.24. The van der Waals surface area contributed by atoms with Gasteiger partial charge in [0.2, 0.25) is 0 Å². The van der Waals surface area contributed by atoms with Crippen molar-refractivity contribution in [2.45, 2.75) is 46.1 Å². The molecule has 0 saturated heterocycles. The summed E-state index contributed by atoms with van der Waals surface area (Å²) in [6.07, 6.45) is 1.66. The van der Waals surface area contributed by atoms with Crippen LogP contribution in [0.2, 0.25) is 0 Å². The Kier molecular flexibility index (Phi) is 4.73. The molecule has 2 aromatic carbocycles. The van der Waals surface area contributed by atoms with E-state index >= 15 is 0 Å². The molecule has 0 radical (unpaired) electrons. The summed E-state index contributed by atoms with van der Waals surface area (Å²) in [5, 5.41) is 9.56. The number of benzene rings is 2. The number of aliphatic hydroxyl groups is 1. The van der Waals surface area contributed by atoms with Crippen LogP contribution in [-0.4, -0.2) is 16.9 Å². The molecule has 2 aromatic rings. The maximum atomic E-state index is 13.1. The number of hydrogen-bond donors (Lipinski definition) is 1. The maximum Gasteiger partial charge on any atom is 0.266 e. The predicted molar refractivity (Wildman–Crippen MR) is 98.0 cm³/mol. The fourth-order valence-electron chi connectivity index (χ4n) is 3.48.